The predicted octanol–water partition coefficient (Wildman–Crippen LogP) is 8.60. The Labute approximate surface area is 202 Å². The summed E-state index contributed by atoms with van der Waals surface area (Å²) in [5.41, 5.74) is 7.33. The molecule has 2 aromatic heterocycles. The number of thioether (sulfide) groups is 1. The first-order valence-corrected chi connectivity index (χ1v) is 12.7. The maximum atomic E-state index is 2.42. The van der Waals surface area contributed by atoms with Crippen molar-refractivity contribution in [2.75, 3.05) is 6.26 Å². The Morgan fingerprint density at radius 1 is 0.471 bits per heavy atom. The molecule has 0 aliphatic heterocycles. The van der Waals surface area contributed by atoms with E-state index in [-0.39, 0.29) is 0 Å². The SMILES string of the molecule is CSc1cccc(-n2c3ccccc3c3c4c5ccccc5n(-c5ccccc5)c4ccc32)c1. The minimum Gasteiger partial charge on any atom is -0.309 e. The van der Waals surface area contributed by atoms with Gasteiger partial charge in [0.2, 0.25) is 0 Å². The van der Waals surface area contributed by atoms with Crippen LogP contribution >= 0.6 is 11.8 Å². The lowest BCUT2D eigenvalue weighted by Gasteiger charge is -2.10. The van der Waals surface area contributed by atoms with Crippen molar-refractivity contribution >= 4 is 55.4 Å². The van der Waals surface area contributed by atoms with Crippen molar-refractivity contribution in [2.45, 2.75) is 4.90 Å². The molecule has 7 rings (SSSR count). The molecule has 0 aliphatic rings. The van der Waals surface area contributed by atoms with E-state index in [0.717, 1.165) is 0 Å². The van der Waals surface area contributed by atoms with Crippen LogP contribution in [0.5, 0.6) is 0 Å². The van der Waals surface area contributed by atoms with Gasteiger partial charge in [-0.1, -0.05) is 60.7 Å². The van der Waals surface area contributed by atoms with Crippen LogP contribution in [0.1, 0.15) is 0 Å². The van der Waals surface area contributed by atoms with Gasteiger partial charge in [0.1, 0.15) is 0 Å². The monoisotopic (exact) mass is 454 g/mol. The number of para-hydroxylation sites is 3. The summed E-state index contributed by atoms with van der Waals surface area (Å²) in [7, 11) is 0. The number of hydrogen-bond donors (Lipinski definition) is 0. The molecule has 0 saturated carbocycles. The zero-order chi connectivity index (χ0) is 22.6. The Balaban J connectivity index is 1.70. The molecule has 3 heteroatoms. The lowest BCUT2D eigenvalue weighted by Crippen LogP contribution is -1.94. The summed E-state index contributed by atoms with van der Waals surface area (Å²) in [5, 5.41) is 5.20. The van der Waals surface area contributed by atoms with Crippen LogP contribution in [0.2, 0.25) is 0 Å². The molecular weight excluding hydrogens is 432 g/mol. The molecule has 0 radical (unpaired) electrons. The molecule has 0 spiro atoms. The molecule has 5 aromatic carbocycles. The molecule has 0 fully saturated rings. The highest BCUT2D eigenvalue weighted by molar-refractivity contribution is 7.98. The van der Waals surface area contributed by atoms with Gasteiger partial charge in [0.25, 0.3) is 0 Å². The molecule has 0 aliphatic carbocycles. The first-order chi connectivity index (χ1) is 16.8. The van der Waals surface area contributed by atoms with Crippen molar-refractivity contribution in [1.82, 2.24) is 9.13 Å². The van der Waals surface area contributed by atoms with Crippen molar-refractivity contribution in [2.24, 2.45) is 0 Å². The zero-order valence-corrected chi connectivity index (χ0v) is 19.6. The summed E-state index contributed by atoms with van der Waals surface area (Å²) in [6.07, 6.45) is 2.13. The Kier molecular flexibility index (Phi) is 4.33. The second-order valence-corrected chi connectivity index (χ2v) is 9.48. The van der Waals surface area contributed by atoms with Crippen molar-refractivity contribution in [1.29, 1.82) is 0 Å². The summed E-state index contributed by atoms with van der Waals surface area (Å²) < 4.78 is 4.81. The number of benzene rings is 5. The molecular formula is C31H22N2S. The van der Waals surface area contributed by atoms with Crippen LogP contribution < -0.4 is 0 Å². The van der Waals surface area contributed by atoms with Gasteiger partial charge in [0, 0.05) is 37.8 Å². The molecule has 162 valence electrons. The van der Waals surface area contributed by atoms with Gasteiger partial charge in [0.15, 0.2) is 0 Å². The summed E-state index contributed by atoms with van der Waals surface area (Å²) in [6, 6.07) is 41.7. The minimum atomic E-state index is 1.18. The van der Waals surface area contributed by atoms with Gasteiger partial charge in [-0.05, 0) is 60.9 Å². The maximum absolute atomic E-state index is 2.42. The molecule has 0 N–H and O–H groups in total. The van der Waals surface area contributed by atoms with E-state index in [1.54, 1.807) is 11.8 Å². The van der Waals surface area contributed by atoms with Crippen molar-refractivity contribution in [3.05, 3.63) is 115 Å². The highest BCUT2D eigenvalue weighted by Crippen LogP contribution is 2.42. The van der Waals surface area contributed by atoms with Crippen LogP contribution in [-0.4, -0.2) is 15.4 Å². The van der Waals surface area contributed by atoms with Crippen molar-refractivity contribution < 1.29 is 0 Å². The molecule has 2 heterocycles. The molecule has 0 unspecified atom stereocenters. The van der Waals surface area contributed by atoms with Gasteiger partial charge >= 0.3 is 0 Å². The van der Waals surface area contributed by atoms with Crippen LogP contribution in [-0.2, 0) is 0 Å². The highest BCUT2D eigenvalue weighted by Gasteiger charge is 2.20. The summed E-state index contributed by atoms with van der Waals surface area (Å²) >= 11 is 1.78. The van der Waals surface area contributed by atoms with Gasteiger partial charge in [0.05, 0.1) is 22.1 Å². The van der Waals surface area contributed by atoms with E-state index in [1.165, 1.54) is 59.9 Å². The predicted molar refractivity (Wildman–Crippen MR) is 147 cm³/mol. The Morgan fingerprint density at radius 2 is 1.00 bits per heavy atom. The quantitative estimate of drug-likeness (QED) is 0.243. The van der Waals surface area contributed by atoms with Gasteiger partial charge in [-0.2, -0.15) is 0 Å². The number of nitrogens with zero attached hydrogens (tertiary/aromatic N) is 2. The van der Waals surface area contributed by atoms with E-state index in [2.05, 4.69) is 131 Å². The van der Waals surface area contributed by atoms with Crippen LogP contribution in [0.15, 0.2) is 120 Å². The van der Waals surface area contributed by atoms with E-state index >= 15 is 0 Å². The number of rotatable bonds is 3. The van der Waals surface area contributed by atoms with Crippen molar-refractivity contribution in [3.63, 3.8) is 0 Å². The van der Waals surface area contributed by atoms with Gasteiger partial charge in [-0.15, -0.1) is 11.8 Å². The van der Waals surface area contributed by atoms with Crippen LogP contribution in [0.4, 0.5) is 0 Å². The van der Waals surface area contributed by atoms with E-state index in [0.29, 0.717) is 0 Å². The molecule has 0 amide bonds. The maximum Gasteiger partial charge on any atom is 0.0548 e. The Hall–Kier alpha value is -3.95. The van der Waals surface area contributed by atoms with E-state index < -0.39 is 0 Å². The smallest absolute Gasteiger partial charge is 0.0548 e. The fraction of sp³-hybridized carbons (Fsp3) is 0.0323. The second-order valence-electron chi connectivity index (χ2n) is 8.60. The largest absolute Gasteiger partial charge is 0.309 e. The standard InChI is InChI=1S/C31H22N2S/c1-34-23-13-9-12-22(20-23)33-27-17-8-6-15-25(27)31-29(33)19-18-28-30(31)24-14-5-7-16-26(24)32(28)21-10-3-2-4-11-21/h2-20H,1H3. The van der Waals surface area contributed by atoms with Crippen LogP contribution in [0.3, 0.4) is 0 Å². The summed E-state index contributed by atoms with van der Waals surface area (Å²) in [6.45, 7) is 0. The highest BCUT2D eigenvalue weighted by atomic mass is 32.2. The zero-order valence-electron chi connectivity index (χ0n) is 18.8. The fourth-order valence-corrected chi connectivity index (χ4v) is 5.85. The molecule has 34 heavy (non-hydrogen) atoms. The Morgan fingerprint density at radius 3 is 1.62 bits per heavy atom. The fourth-order valence-electron chi connectivity index (χ4n) is 5.40. The topological polar surface area (TPSA) is 9.86 Å². The molecule has 0 saturated heterocycles. The van der Waals surface area contributed by atoms with Gasteiger partial charge in [-0.3, -0.25) is 0 Å². The van der Waals surface area contributed by atoms with Crippen molar-refractivity contribution in [3.8, 4) is 11.4 Å². The first kappa shape index (κ1) is 19.5. The number of hydrogen-bond acceptors (Lipinski definition) is 1. The third-order valence-corrected chi connectivity index (χ3v) is 7.52. The van der Waals surface area contributed by atoms with Gasteiger partial charge < -0.3 is 9.13 Å². The molecule has 0 atom stereocenters. The summed E-state index contributed by atoms with van der Waals surface area (Å²) in [4.78, 5) is 1.27. The average molecular weight is 455 g/mol. The lowest BCUT2D eigenvalue weighted by molar-refractivity contribution is 1.16. The minimum absolute atomic E-state index is 1.18. The molecule has 0 bridgehead atoms. The van der Waals surface area contributed by atoms with E-state index in [9.17, 15) is 0 Å². The number of aromatic nitrogens is 2. The van der Waals surface area contributed by atoms with Crippen LogP contribution in [0.25, 0.3) is 55.0 Å². The van der Waals surface area contributed by atoms with Crippen LogP contribution in [0, 0.1) is 0 Å². The number of fused-ring (bicyclic) bond motifs is 7. The molecule has 7 aromatic rings. The van der Waals surface area contributed by atoms with E-state index in [4.69, 9.17) is 0 Å². The molecule has 2 nitrogen and oxygen atoms in total. The Bertz CT molecular complexity index is 1840. The van der Waals surface area contributed by atoms with E-state index in [1.807, 2.05) is 0 Å². The summed E-state index contributed by atoms with van der Waals surface area (Å²) in [5.74, 6) is 0. The van der Waals surface area contributed by atoms with Gasteiger partial charge in [-0.25, -0.2) is 0 Å². The first-order valence-electron chi connectivity index (χ1n) is 11.5. The third-order valence-electron chi connectivity index (χ3n) is 6.80. The normalized spacial score (nSPS) is 11.8. The second kappa shape index (κ2) is 7.54. The average Bonchev–Trinajstić information content (AvgIpc) is 3.42. The lowest BCUT2D eigenvalue weighted by atomic mass is 10.1. The third kappa shape index (κ3) is 2.71.